The Labute approximate surface area is 131 Å². The average Bonchev–Trinajstić information content (AvgIpc) is 2.49. The molecule has 0 aliphatic rings. The van der Waals surface area contributed by atoms with Crippen molar-refractivity contribution < 1.29 is 9.90 Å². The van der Waals surface area contributed by atoms with E-state index in [0.29, 0.717) is 6.54 Å². The van der Waals surface area contributed by atoms with Crippen molar-refractivity contribution in [1.82, 2.24) is 4.90 Å². The maximum Gasteiger partial charge on any atom is 0.322 e. The monoisotopic (exact) mass is 298 g/mol. The predicted molar refractivity (Wildman–Crippen MR) is 88.7 cm³/mol. The van der Waals surface area contributed by atoms with Crippen LogP contribution in [-0.2, 0) is 6.54 Å². The van der Waals surface area contributed by atoms with E-state index in [9.17, 15) is 9.90 Å². The molecule has 2 N–H and O–H groups in total. The molecule has 116 valence electrons. The Morgan fingerprint density at radius 1 is 1.14 bits per heavy atom. The molecule has 0 spiro atoms. The van der Waals surface area contributed by atoms with Gasteiger partial charge in [-0.2, -0.15) is 0 Å². The standard InChI is InChI=1S/C18H22N2O2/c1-14-8-6-7-11-17(14)19-18(22)20(12-15(2)21)13-16-9-4-3-5-10-16/h3-11,15,21H,12-13H2,1-2H3,(H,19,22). The Kier molecular flexibility index (Phi) is 5.55. The fraction of sp³-hybridized carbons (Fsp3) is 0.278. The third kappa shape index (κ3) is 4.60. The van der Waals surface area contributed by atoms with Crippen LogP contribution >= 0.6 is 0 Å². The molecule has 2 rings (SSSR count). The minimum absolute atomic E-state index is 0.209. The summed E-state index contributed by atoms with van der Waals surface area (Å²) in [6, 6.07) is 17.2. The quantitative estimate of drug-likeness (QED) is 0.888. The lowest BCUT2D eigenvalue weighted by molar-refractivity contribution is 0.135. The predicted octanol–water partition coefficient (Wildman–Crippen LogP) is 3.41. The molecule has 4 nitrogen and oxygen atoms in total. The van der Waals surface area contributed by atoms with Crippen molar-refractivity contribution in [1.29, 1.82) is 0 Å². The molecule has 0 radical (unpaired) electrons. The first-order valence-electron chi connectivity index (χ1n) is 7.40. The topological polar surface area (TPSA) is 52.6 Å². The first-order valence-corrected chi connectivity index (χ1v) is 7.40. The number of hydrogen-bond acceptors (Lipinski definition) is 2. The van der Waals surface area contributed by atoms with Crippen LogP contribution in [0.5, 0.6) is 0 Å². The molecule has 0 aromatic heterocycles. The van der Waals surface area contributed by atoms with Crippen LogP contribution in [0, 0.1) is 6.92 Å². The molecule has 0 heterocycles. The maximum absolute atomic E-state index is 12.5. The van der Waals surface area contributed by atoms with E-state index in [4.69, 9.17) is 0 Å². The molecular formula is C18H22N2O2. The normalized spacial score (nSPS) is 11.8. The summed E-state index contributed by atoms with van der Waals surface area (Å²) >= 11 is 0. The molecule has 0 saturated heterocycles. The van der Waals surface area contributed by atoms with E-state index in [1.807, 2.05) is 61.5 Å². The number of anilines is 1. The van der Waals surface area contributed by atoms with Gasteiger partial charge in [0.25, 0.3) is 0 Å². The van der Waals surface area contributed by atoms with Gasteiger partial charge in [0, 0.05) is 18.8 Å². The summed E-state index contributed by atoms with van der Waals surface area (Å²) in [7, 11) is 0. The molecule has 0 bridgehead atoms. The number of urea groups is 1. The van der Waals surface area contributed by atoms with Crippen LogP contribution in [0.25, 0.3) is 0 Å². The first-order chi connectivity index (χ1) is 10.6. The number of rotatable bonds is 5. The average molecular weight is 298 g/mol. The van der Waals surface area contributed by atoms with Crippen molar-refractivity contribution in [3.63, 3.8) is 0 Å². The van der Waals surface area contributed by atoms with Gasteiger partial charge in [0.1, 0.15) is 0 Å². The highest BCUT2D eigenvalue weighted by atomic mass is 16.3. The SMILES string of the molecule is Cc1ccccc1NC(=O)N(Cc1ccccc1)CC(C)O. The highest BCUT2D eigenvalue weighted by molar-refractivity contribution is 5.90. The van der Waals surface area contributed by atoms with Crippen molar-refractivity contribution in [2.75, 3.05) is 11.9 Å². The first kappa shape index (κ1) is 16.0. The molecule has 2 aromatic carbocycles. The Hall–Kier alpha value is -2.33. The van der Waals surface area contributed by atoms with Crippen molar-refractivity contribution in [3.8, 4) is 0 Å². The summed E-state index contributed by atoms with van der Waals surface area (Å²) in [4.78, 5) is 14.1. The molecule has 0 fully saturated rings. The minimum atomic E-state index is -0.577. The molecule has 0 aliphatic carbocycles. The van der Waals surface area contributed by atoms with Gasteiger partial charge >= 0.3 is 6.03 Å². The number of nitrogens with zero attached hydrogens (tertiary/aromatic N) is 1. The van der Waals surface area contributed by atoms with Crippen LogP contribution < -0.4 is 5.32 Å². The lowest BCUT2D eigenvalue weighted by atomic mass is 10.2. The zero-order valence-electron chi connectivity index (χ0n) is 13.0. The molecule has 2 amide bonds. The van der Waals surface area contributed by atoms with Gasteiger partial charge in [-0.3, -0.25) is 0 Å². The largest absolute Gasteiger partial charge is 0.392 e. The maximum atomic E-state index is 12.5. The number of aliphatic hydroxyl groups is 1. The van der Waals surface area contributed by atoms with Gasteiger partial charge in [-0.25, -0.2) is 4.79 Å². The smallest absolute Gasteiger partial charge is 0.322 e. The van der Waals surface area contributed by atoms with Crippen LogP contribution in [0.1, 0.15) is 18.1 Å². The van der Waals surface area contributed by atoms with Crippen LogP contribution in [0.4, 0.5) is 10.5 Å². The zero-order valence-corrected chi connectivity index (χ0v) is 13.0. The Morgan fingerprint density at radius 2 is 1.77 bits per heavy atom. The summed E-state index contributed by atoms with van der Waals surface area (Å²) in [6.07, 6.45) is -0.577. The molecule has 0 saturated carbocycles. The fourth-order valence-corrected chi connectivity index (χ4v) is 2.25. The summed E-state index contributed by atoms with van der Waals surface area (Å²) < 4.78 is 0. The molecule has 2 aromatic rings. The van der Waals surface area contributed by atoms with Gasteiger partial charge in [-0.05, 0) is 31.0 Å². The van der Waals surface area contributed by atoms with E-state index in [1.54, 1.807) is 11.8 Å². The Balaban J connectivity index is 2.11. The fourth-order valence-electron chi connectivity index (χ4n) is 2.25. The van der Waals surface area contributed by atoms with Crippen molar-refractivity contribution >= 4 is 11.7 Å². The second-order valence-electron chi connectivity index (χ2n) is 5.46. The number of aryl methyl sites for hydroxylation is 1. The van der Waals surface area contributed by atoms with Crippen molar-refractivity contribution in [2.45, 2.75) is 26.5 Å². The lowest BCUT2D eigenvalue weighted by Crippen LogP contribution is -2.39. The van der Waals surface area contributed by atoms with E-state index in [2.05, 4.69) is 5.32 Å². The number of carbonyl (C=O) groups excluding carboxylic acids is 1. The van der Waals surface area contributed by atoms with Gasteiger partial charge in [-0.15, -0.1) is 0 Å². The number of nitrogens with one attached hydrogen (secondary N) is 1. The second kappa shape index (κ2) is 7.61. The van der Waals surface area contributed by atoms with Gasteiger partial charge in [-0.1, -0.05) is 48.5 Å². The summed E-state index contributed by atoms with van der Waals surface area (Å²) in [6.45, 7) is 4.38. The van der Waals surface area contributed by atoms with E-state index in [0.717, 1.165) is 16.8 Å². The second-order valence-corrected chi connectivity index (χ2v) is 5.46. The summed E-state index contributed by atoms with van der Waals surface area (Å²) in [5.74, 6) is 0. The molecular weight excluding hydrogens is 276 g/mol. The van der Waals surface area contributed by atoms with E-state index >= 15 is 0 Å². The van der Waals surface area contributed by atoms with E-state index in [-0.39, 0.29) is 12.6 Å². The third-order valence-electron chi connectivity index (χ3n) is 3.37. The highest BCUT2D eigenvalue weighted by Gasteiger charge is 2.16. The van der Waals surface area contributed by atoms with Crippen LogP contribution in [-0.4, -0.2) is 28.7 Å². The van der Waals surface area contributed by atoms with Gasteiger partial charge in [0.05, 0.1) is 6.10 Å². The molecule has 4 heteroatoms. The van der Waals surface area contributed by atoms with Crippen LogP contribution in [0.2, 0.25) is 0 Å². The number of para-hydroxylation sites is 1. The number of hydrogen-bond donors (Lipinski definition) is 2. The van der Waals surface area contributed by atoms with Gasteiger partial charge in [0.2, 0.25) is 0 Å². The Morgan fingerprint density at radius 3 is 2.41 bits per heavy atom. The van der Waals surface area contributed by atoms with Gasteiger partial charge < -0.3 is 15.3 Å². The van der Waals surface area contributed by atoms with Gasteiger partial charge in [0.15, 0.2) is 0 Å². The highest BCUT2D eigenvalue weighted by Crippen LogP contribution is 2.15. The van der Waals surface area contributed by atoms with Crippen LogP contribution in [0.15, 0.2) is 54.6 Å². The third-order valence-corrected chi connectivity index (χ3v) is 3.37. The molecule has 1 atom stereocenters. The lowest BCUT2D eigenvalue weighted by Gasteiger charge is -2.25. The van der Waals surface area contributed by atoms with Crippen molar-refractivity contribution in [2.24, 2.45) is 0 Å². The molecule has 1 unspecified atom stereocenters. The number of benzene rings is 2. The Bertz CT molecular complexity index is 611. The van der Waals surface area contributed by atoms with E-state index < -0.39 is 6.10 Å². The number of aliphatic hydroxyl groups excluding tert-OH is 1. The summed E-state index contributed by atoms with van der Waals surface area (Å²) in [5.41, 5.74) is 2.83. The zero-order chi connectivity index (χ0) is 15.9. The van der Waals surface area contributed by atoms with Crippen molar-refractivity contribution in [3.05, 3.63) is 65.7 Å². The molecule has 22 heavy (non-hydrogen) atoms. The number of amides is 2. The number of carbonyl (C=O) groups is 1. The minimum Gasteiger partial charge on any atom is -0.392 e. The van der Waals surface area contributed by atoms with E-state index in [1.165, 1.54) is 0 Å². The molecule has 0 aliphatic heterocycles. The summed E-state index contributed by atoms with van der Waals surface area (Å²) in [5, 5.41) is 12.6. The van der Waals surface area contributed by atoms with Crippen LogP contribution in [0.3, 0.4) is 0 Å².